The van der Waals surface area contributed by atoms with Gasteiger partial charge in [-0.2, -0.15) is 0 Å². The number of carbonyl (C=O) groups is 2. The van der Waals surface area contributed by atoms with Gasteiger partial charge in [0.05, 0.1) is 31.5 Å². The van der Waals surface area contributed by atoms with Crippen molar-refractivity contribution in [3.8, 4) is 17.0 Å². The Hall–Kier alpha value is -4.72. The van der Waals surface area contributed by atoms with Gasteiger partial charge in [-0.05, 0) is 60.7 Å². The second-order valence-corrected chi connectivity index (χ2v) is 11.2. The lowest BCUT2D eigenvalue weighted by molar-refractivity contribution is -0.121. The summed E-state index contributed by atoms with van der Waals surface area (Å²) in [5, 5.41) is 4.29. The fourth-order valence-electron chi connectivity index (χ4n) is 5.74. The molecule has 0 aliphatic heterocycles. The Kier molecular flexibility index (Phi) is 10.2. The smallest absolute Gasteiger partial charge is 0.225 e. The van der Waals surface area contributed by atoms with Crippen LogP contribution in [0.25, 0.3) is 22.2 Å². The van der Waals surface area contributed by atoms with Crippen LogP contribution in [0, 0.1) is 6.92 Å². The minimum absolute atomic E-state index is 0.0693. The highest BCUT2D eigenvalue weighted by Gasteiger charge is 2.22. The number of fused-ring (bicyclic) bond motifs is 1. The molecule has 0 saturated heterocycles. The van der Waals surface area contributed by atoms with Crippen molar-refractivity contribution in [3.05, 3.63) is 102 Å². The predicted molar refractivity (Wildman–Crippen MR) is 174 cm³/mol. The molecular weight excluding hydrogens is 550 g/mol. The number of methoxy groups -OCH3 is 1. The first-order valence-electron chi connectivity index (χ1n) is 15.4. The van der Waals surface area contributed by atoms with Gasteiger partial charge in [-0.15, -0.1) is 0 Å². The molecule has 8 heteroatoms. The van der Waals surface area contributed by atoms with Crippen LogP contribution < -0.4 is 10.1 Å². The zero-order valence-electron chi connectivity index (χ0n) is 25.8. The molecule has 0 radical (unpaired) electrons. The van der Waals surface area contributed by atoms with Crippen LogP contribution in [0.4, 0.5) is 0 Å². The molecule has 0 unspecified atom stereocenters. The standard InChI is InChI=1S/C36H41N5O3/c1-4-28(42)15-9-6-10-16-32(36-38-23-33(40-36)27-13-7-5-8-14-27)39-35(43)21-30-25(2)41(24-26-12-11-19-37-22-26)34-18-17-29(44-3)20-31(30)34/h5,7-8,11-14,17-20,22-23,32H,4,6,9-10,15-16,21,24H2,1-3H3,(H,38,40)(H,39,43)/t32-/m0/s1. The van der Waals surface area contributed by atoms with Gasteiger partial charge in [0.1, 0.15) is 17.4 Å². The molecule has 1 atom stereocenters. The fraction of sp³-hybridized carbons (Fsp3) is 0.333. The number of Topliss-reactive ketones (excluding diaryl/α,β-unsaturated/α-hetero) is 1. The Morgan fingerprint density at radius 2 is 1.86 bits per heavy atom. The van der Waals surface area contributed by atoms with E-state index in [2.05, 4.69) is 43.9 Å². The van der Waals surface area contributed by atoms with Crippen LogP contribution in [0.5, 0.6) is 5.75 Å². The highest BCUT2D eigenvalue weighted by atomic mass is 16.5. The molecular formula is C36H41N5O3. The SMILES string of the molecule is CCC(=O)CCCCC[C@H](NC(=O)Cc1c(C)n(Cc2cccnc2)c2ccc(OC)cc12)c1ncc(-c2ccccc2)[nH]1. The lowest BCUT2D eigenvalue weighted by Crippen LogP contribution is -2.30. The van der Waals surface area contributed by atoms with Crippen molar-refractivity contribution in [2.24, 2.45) is 0 Å². The van der Waals surface area contributed by atoms with Crippen molar-refractivity contribution in [1.82, 2.24) is 24.8 Å². The molecule has 2 N–H and O–H groups in total. The zero-order chi connectivity index (χ0) is 30.9. The number of carbonyl (C=O) groups excluding carboxylic acids is 2. The van der Waals surface area contributed by atoms with Crippen molar-refractivity contribution < 1.29 is 14.3 Å². The van der Waals surface area contributed by atoms with Gasteiger partial charge in [-0.25, -0.2) is 4.98 Å². The maximum absolute atomic E-state index is 13.8. The van der Waals surface area contributed by atoms with Crippen molar-refractivity contribution >= 4 is 22.6 Å². The Balaban J connectivity index is 1.38. The average molecular weight is 592 g/mol. The van der Waals surface area contributed by atoms with Crippen molar-refractivity contribution in [2.45, 2.75) is 71.4 Å². The summed E-state index contributed by atoms with van der Waals surface area (Å²) >= 11 is 0. The maximum atomic E-state index is 13.8. The number of rotatable bonds is 15. The van der Waals surface area contributed by atoms with Gasteiger partial charge < -0.3 is 19.6 Å². The van der Waals surface area contributed by atoms with E-state index < -0.39 is 0 Å². The van der Waals surface area contributed by atoms with Crippen LogP contribution >= 0.6 is 0 Å². The molecule has 0 bridgehead atoms. The summed E-state index contributed by atoms with van der Waals surface area (Å²) in [5.74, 6) is 1.71. The molecule has 5 rings (SSSR count). The first-order chi connectivity index (χ1) is 21.5. The zero-order valence-corrected chi connectivity index (χ0v) is 25.8. The van der Waals surface area contributed by atoms with Gasteiger partial charge in [0.15, 0.2) is 0 Å². The summed E-state index contributed by atoms with van der Waals surface area (Å²) in [7, 11) is 1.66. The number of imidazole rings is 1. The number of nitrogens with zero attached hydrogens (tertiary/aromatic N) is 3. The molecule has 228 valence electrons. The molecule has 0 saturated carbocycles. The summed E-state index contributed by atoms with van der Waals surface area (Å²) in [5.41, 5.74) is 6.10. The van der Waals surface area contributed by atoms with E-state index in [9.17, 15) is 9.59 Å². The van der Waals surface area contributed by atoms with Gasteiger partial charge in [0, 0.05) is 48.4 Å². The van der Waals surface area contributed by atoms with Crippen LogP contribution in [0.15, 0.2) is 79.3 Å². The van der Waals surface area contributed by atoms with Crippen LogP contribution in [0.1, 0.15) is 74.1 Å². The third-order valence-electron chi connectivity index (χ3n) is 8.25. The van der Waals surface area contributed by atoms with E-state index in [1.165, 1.54) is 0 Å². The summed E-state index contributed by atoms with van der Waals surface area (Å²) in [4.78, 5) is 37.9. The van der Waals surface area contributed by atoms with Gasteiger partial charge in [-0.3, -0.25) is 14.6 Å². The third-order valence-corrected chi connectivity index (χ3v) is 8.25. The fourth-order valence-corrected chi connectivity index (χ4v) is 5.74. The third kappa shape index (κ3) is 7.43. The number of amides is 1. The quantitative estimate of drug-likeness (QED) is 0.126. The molecule has 3 heterocycles. The van der Waals surface area contributed by atoms with Crippen LogP contribution in [0.3, 0.4) is 0 Å². The Morgan fingerprint density at radius 3 is 2.61 bits per heavy atom. The number of ether oxygens (including phenoxy) is 1. The van der Waals surface area contributed by atoms with E-state index >= 15 is 0 Å². The number of ketones is 1. The molecule has 3 aromatic heterocycles. The minimum atomic E-state index is -0.277. The molecule has 8 nitrogen and oxygen atoms in total. The monoisotopic (exact) mass is 591 g/mol. The maximum Gasteiger partial charge on any atom is 0.225 e. The number of nitrogens with one attached hydrogen (secondary N) is 2. The number of H-pyrrole nitrogens is 1. The number of hydrogen-bond donors (Lipinski definition) is 2. The van der Waals surface area contributed by atoms with Crippen molar-refractivity contribution in [3.63, 3.8) is 0 Å². The topological polar surface area (TPSA) is 102 Å². The summed E-state index contributed by atoms with van der Waals surface area (Å²) in [6, 6.07) is 19.8. The largest absolute Gasteiger partial charge is 0.497 e. The summed E-state index contributed by atoms with van der Waals surface area (Å²) < 4.78 is 7.78. The predicted octanol–water partition coefficient (Wildman–Crippen LogP) is 7.12. The molecule has 1 amide bonds. The molecule has 0 spiro atoms. The number of pyridine rings is 1. The summed E-state index contributed by atoms with van der Waals surface area (Å²) in [6.45, 7) is 4.63. The molecule has 0 fully saturated rings. The second-order valence-electron chi connectivity index (χ2n) is 11.2. The normalized spacial score (nSPS) is 11.9. The van der Waals surface area contributed by atoms with E-state index in [-0.39, 0.29) is 18.4 Å². The van der Waals surface area contributed by atoms with Gasteiger partial charge in [-0.1, -0.05) is 56.2 Å². The molecule has 44 heavy (non-hydrogen) atoms. The van der Waals surface area contributed by atoms with Crippen molar-refractivity contribution in [1.29, 1.82) is 0 Å². The average Bonchev–Trinajstić information content (AvgIpc) is 3.64. The minimum Gasteiger partial charge on any atom is -0.497 e. The second kappa shape index (κ2) is 14.6. The highest BCUT2D eigenvalue weighted by Crippen LogP contribution is 2.31. The van der Waals surface area contributed by atoms with E-state index in [1.807, 2.05) is 67.8 Å². The first kappa shape index (κ1) is 30.7. The Labute approximate surface area is 258 Å². The Bertz CT molecular complexity index is 1690. The van der Waals surface area contributed by atoms with E-state index in [4.69, 9.17) is 4.74 Å². The Morgan fingerprint density at radius 1 is 1.02 bits per heavy atom. The number of unbranched alkanes of at least 4 members (excludes halogenated alkanes) is 2. The van der Waals surface area contributed by atoms with Gasteiger partial charge in [0.25, 0.3) is 0 Å². The molecule has 2 aromatic carbocycles. The van der Waals surface area contributed by atoms with E-state index in [0.717, 1.165) is 76.2 Å². The molecule has 0 aliphatic carbocycles. The lowest BCUT2D eigenvalue weighted by atomic mass is 10.0. The van der Waals surface area contributed by atoms with Crippen LogP contribution in [0.2, 0.25) is 0 Å². The lowest BCUT2D eigenvalue weighted by Gasteiger charge is -2.17. The van der Waals surface area contributed by atoms with Crippen LogP contribution in [-0.2, 0) is 22.6 Å². The van der Waals surface area contributed by atoms with E-state index in [1.54, 1.807) is 13.3 Å². The number of benzene rings is 2. The molecule has 5 aromatic rings. The number of aromatic nitrogens is 4. The van der Waals surface area contributed by atoms with Crippen LogP contribution in [-0.4, -0.2) is 38.3 Å². The summed E-state index contributed by atoms with van der Waals surface area (Å²) in [6.07, 6.45) is 10.3. The number of hydrogen-bond acceptors (Lipinski definition) is 5. The van der Waals surface area contributed by atoms with E-state index in [0.29, 0.717) is 25.2 Å². The first-order valence-corrected chi connectivity index (χ1v) is 15.4. The van der Waals surface area contributed by atoms with Gasteiger partial charge >= 0.3 is 0 Å². The molecule has 0 aliphatic rings. The highest BCUT2D eigenvalue weighted by molar-refractivity contribution is 5.91. The van der Waals surface area contributed by atoms with Gasteiger partial charge in [0.2, 0.25) is 5.91 Å². The van der Waals surface area contributed by atoms with Crippen molar-refractivity contribution in [2.75, 3.05) is 7.11 Å². The number of aromatic amines is 1.